The van der Waals surface area contributed by atoms with Crippen molar-refractivity contribution in [3.05, 3.63) is 35.9 Å². The molecule has 1 spiro atoms. The standard InChI is InChI=1S/C21H30N2O2/c1-16(2)19-15-25-21-11-13-22(12-10-17-6-4-3-5-7-17)14-18(21)8-9-20(24)23(19)21/h3-7,16,18-19H,8-15H2,1-2H3/t18-,19-,21-/m1/s1. The minimum Gasteiger partial charge on any atom is -0.353 e. The van der Waals surface area contributed by atoms with Crippen molar-refractivity contribution in [2.24, 2.45) is 11.8 Å². The van der Waals surface area contributed by atoms with Crippen LogP contribution in [0.5, 0.6) is 0 Å². The lowest BCUT2D eigenvalue weighted by atomic mass is 9.79. The molecule has 0 unspecified atom stereocenters. The lowest BCUT2D eigenvalue weighted by molar-refractivity contribution is -0.192. The molecule has 0 aromatic heterocycles. The van der Waals surface area contributed by atoms with Gasteiger partial charge in [0.1, 0.15) is 5.72 Å². The summed E-state index contributed by atoms with van der Waals surface area (Å²) in [4.78, 5) is 17.4. The normalized spacial score (nSPS) is 32.8. The number of amides is 1. The molecule has 1 aromatic rings. The van der Waals surface area contributed by atoms with Gasteiger partial charge in [-0.25, -0.2) is 0 Å². The minimum absolute atomic E-state index is 0.256. The summed E-state index contributed by atoms with van der Waals surface area (Å²) in [7, 11) is 0. The van der Waals surface area contributed by atoms with E-state index in [4.69, 9.17) is 4.74 Å². The van der Waals surface area contributed by atoms with Gasteiger partial charge in [-0.05, 0) is 24.3 Å². The summed E-state index contributed by atoms with van der Waals surface area (Å²) in [5, 5.41) is 0. The minimum atomic E-state index is -0.312. The van der Waals surface area contributed by atoms with E-state index in [1.807, 2.05) is 0 Å². The van der Waals surface area contributed by atoms with Crippen molar-refractivity contribution >= 4 is 5.91 Å². The molecule has 25 heavy (non-hydrogen) atoms. The van der Waals surface area contributed by atoms with E-state index >= 15 is 0 Å². The lowest BCUT2D eigenvalue weighted by Crippen LogP contribution is -2.65. The highest BCUT2D eigenvalue weighted by Crippen LogP contribution is 2.47. The van der Waals surface area contributed by atoms with Gasteiger partial charge in [0, 0.05) is 38.4 Å². The maximum absolute atomic E-state index is 12.7. The summed E-state index contributed by atoms with van der Waals surface area (Å²) in [6.07, 6.45) is 3.72. The Morgan fingerprint density at radius 2 is 2.08 bits per heavy atom. The zero-order chi connectivity index (χ0) is 17.4. The largest absolute Gasteiger partial charge is 0.353 e. The number of likely N-dealkylation sites (tertiary alicyclic amines) is 1. The van der Waals surface area contributed by atoms with Crippen LogP contribution in [-0.2, 0) is 16.0 Å². The van der Waals surface area contributed by atoms with E-state index in [1.54, 1.807) is 0 Å². The molecule has 0 N–H and O–H groups in total. The molecule has 3 heterocycles. The molecular formula is C21H30N2O2. The SMILES string of the molecule is CC(C)[C@H]1CO[C@]23CCN(CCc4ccccc4)C[C@H]2CCC(=O)N13. The summed E-state index contributed by atoms with van der Waals surface area (Å²) >= 11 is 0. The third-order valence-electron chi connectivity index (χ3n) is 6.45. The molecular weight excluding hydrogens is 312 g/mol. The van der Waals surface area contributed by atoms with E-state index in [0.717, 1.165) is 38.9 Å². The van der Waals surface area contributed by atoms with Crippen LogP contribution >= 0.6 is 0 Å². The van der Waals surface area contributed by atoms with E-state index < -0.39 is 0 Å². The maximum Gasteiger partial charge on any atom is 0.225 e. The van der Waals surface area contributed by atoms with Crippen molar-refractivity contribution in [3.8, 4) is 0 Å². The second-order valence-electron chi connectivity index (χ2n) is 8.25. The van der Waals surface area contributed by atoms with Crippen LogP contribution in [-0.4, -0.2) is 53.7 Å². The number of hydrogen-bond donors (Lipinski definition) is 0. The molecule has 136 valence electrons. The number of carbonyl (C=O) groups is 1. The predicted molar refractivity (Wildman–Crippen MR) is 98.1 cm³/mol. The molecule has 3 atom stereocenters. The van der Waals surface area contributed by atoms with E-state index in [2.05, 4.69) is 54.0 Å². The van der Waals surface area contributed by atoms with Gasteiger partial charge in [0.15, 0.2) is 0 Å². The first-order valence-corrected chi connectivity index (χ1v) is 9.82. The second-order valence-corrected chi connectivity index (χ2v) is 8.25. The van der Waals surface area contributed by atoms with Crippen molar-refractivity contribution in [1.29, 1.82) is 0 Å². The van der Waals surface area contributed by atoms with Crippen LogP contribution in [0.2, 0.25) is 0 Å². The number of nitrogens with zero attached hydrogens (tertiary/aromatic N) is 2. The topological polar surface area (TPSA) is 32.8 Å². The summed E-state index contributed by atoms with van der Waals surface area (Å²) in [5.74, 6) is 1.22. The second kappa shape index (κ2) is 6.73. The summed E-state index contributed by atoms with van der Waals surface area (Å²) < 4.78 is 6.38. The van der Waals surface area contributed by atoms with Crippen LogP contribution in [0.4, 0.5) is 0 Å². The third kappa shape index (κ3) is 3.00. The zero-order valence-corrected chi connectivity index (χ0v) is 15.5. The highest BCUT2D eigenvalue weighted by atomic mass is 16.5. The van der Waals surface area contributed by atoms with Gasteiger partial charge in [0.2, 0.25) is 5.91 Å². The Bertz CT molecular complexity index is 618. The molecule has 4 rings (SSSR count). The van der Waals surface area contributed by atoms with Crippen molar-refractivity contribution in [1.82, 2.24) is 9.80 Å². The van der Waals surface area contributed by atoms with Gasteiger partial charge < -0.3 is 14.5 Å². The van der Waals surface area contributed by atoms with Crippen LogP contribution in [0, 0.1) is 11.8 Å². The molecule has 0 saturated carbocycles. The number of hydrogen-bond acceptors (Lipinski definition) is 3. The molecule has 3 aliphatic heterocycles. The van der Waals surface area contributed by atoms with Crippen molar-refractivity contribution in [3.63, 3.8) is 0 Å². The Labute approximate surface area is 151 Å². The van der Waals surface area contributed by atoms with Gasteiger partial charge in [-0.2, -0.15) is 0 Å². The van der Waals surface area contributed by atoms with Crippen LogP contribution in [0.25, 0.3) is 0 Å². The Morgan fingerprint density at radius 3 is 2.84 bits per heavy atom. The Hall–Kier alpha value is -1.39. The van der Waals surface area contributed by atoms with E-state index in [9.17, 15) is 4.79 Å². The molecule has 3 fully saturated rings. The molecule has 3 saturated heterocycles. The Balaban J connectivity index is 1.44. The van der Waals surface area contributed by atoms with Gasteiger partial charge in [-0.3, -0.25) is 4.79 Å². The van der Waals surface area contributed by atoms with Crippen molar-refractivity contribution < 1.29 is 9.53 Å². The third-order valence-corrected chi connectivity index (χ3v) is 6.45. The number of carbonyl (C=O) groups excluding carboxylic acids is 1. The van der Waals surface area contributed by atoms with Gasteiger partial charge in [-0.1, -0.05) is 44.2 Å². The van der Waals surface area contributed by atoms with E-state index in [0.29, 0.717) is 30.8 Å². The first kappa shape index (κ1) is 17.0. The molecule has 4 heteroatoms. The highest BCUT2D eigenvalue weighted by molar-refractivity contribution is 5.78. The molecule has 0 bridgehead atoms. The summed E-state index contributed by atoms with van der Waals surface area (Å²) in [6, 6.07) is 11.0. The molecule has 0 radical (unpaired) electrons. The van der Waals surface area contributed by atoms with E-state index in [-0.39, 0.29) is 11.8 Å². The van der Waals surface area contributed by atoms with Crippen LogP contribution in [0.1, 0.15) is 38.7 Å². The smallest absolute Gasteiger partial charge is 0.225 e. The number of rotatable bonds is 4. The predicted octanol–water partition coefficient (Wildman–Crippen LogP) is 2.92. The van der Waals surface area contributed by atoms with E-state index in [1.165, 1.54) is 5.56 Å². The monoisotopic (exact) mass is 342 g/mol. The number of benzene rings is 1. The molecule has 4 nitrogen and oxygen atoms in total. The number of piperidine rings is 2. The van der Waals surface area contributed by atoms with Crippen molar-refractivity contribution in [2.75, 3.05) is 26.2 Å². The molecule has 0 aliphatic carbocycles. The fourth-order valence-electron chi connectivity index (χ4n) is 4.99. The molecule has 3 aliphatic rings. The Kier molecular flexibility index (Phi) is 4.59. The van der Waals surface area contributed by atoms with Crippen LogP contribution < -0.4 is 0 Å². The van der Waals surface area contributed by atoms with Gasteiger partial charge in [-0.15, -0.1) is 0 Å². The van der Waals surface area contributed by atoms with Gasteiger partial charge in [0.25, 0.3) is 0 Å². The quantitative estimate of drug-likeness (QED) is 0.843. The molecule has 1 aromatic carbocycles. The highest BCUT2D eigenvalue weighted by Gasteiger charge is 2.58. The van der Waals surface area contributed by atoms with Gasteiger partial charge >= 0.3 is 0 Å². The van der Waals surface area contributed by atoms with Crippen LogP contribution in [0.3, 0.4) is 0 Å². The van der Waals surface area contributed by atoms with Crippen molar-refractivity contribution in [2.45, 2.75) is 51.3 Å². The molecule has 1 amide bonds. The number of ether oxygens (including phenoxy) is 1. The first-order valence-electron chi connectivity index (χ1n) is 9.82. The first-order chi connectivity index (χ1) is 12.1. The van der Waals surface area contributed by atoms with Crippen LogP contribution in [0.15, 0.2) is 30.3 Å². The lowest BCUT2D eigenvalue weighted by Gasteiger charge is -2.53. The average molecular weight is 342 g/mol. The average Bonchev–Trinajstić information content (AvgIpc) is 3.02. The fourth-order valence-corrected chi connectivity index (χ4v) is 4.99. The summed E-state index contributed by atoms with van der Waals surface area (Å²) in [5.41, 5.74) is 1.09. The maximum atomic E-state index is 12.7. The fraction of sp³-hybridized carbons (Fsp3) is 0.667. The summed E-state index contributed by atoms with van der Waals surface area (Å²) in [6.45, 7) is 8.30. The van der Waals surface area contributed by atoms with Gasteiger partial charge in [0.05, 0.1) is 12.6 Å². The zero-order valence-electron chi connectivity index (χ0n) is 15.5. The Morgan fingerprint density at radius 1 is 1.28 bits per heavy atom.